The van der Waals surface area contributed by atoms with E-state index in [-0.39, 0.29) is 12.8 Å². The van der Waals surface area contributed by atoms with Gasteiger partial charge in [0, 0.05) is 11.8 Å². The third kappa shape index (κ3) is 3.47. The van der Waals surface area contributed by atoms with Crippen LogP contribution in [0.2, 0.25) is 0 Å². The summed E-state index contributed by atoms with van der Waals surface area (Å²) in [7, 11) is 0. The Balaban J connectivity index is 3.46. The summed E-state index contributed by atoms with van der Waals surface area (Å²) in [5, 5.41) is 0. The van der Waals surface area contributed by atoms with Gasteiger partial charge in [-0.15, -0.1) is 0 Å². The molecule has 0 bridgehead atoms. The number of nitrogens with zero attached hydrogens (tertiary/aromatic N) is 2. The number of carbonyl (C=O) groups is 2. The second-order valence-corrected chi connectivity index (χ2v) is 5.60. The van der Waals surface area contributed by atoms with Crippen LogP contribution in [0.3, 0.4) is 0 Å². The number of isocyanates is 2. The Kier molecular flexibility index (Phi) is 6.16. The molecule has 0 saturated heterocycles. The lowest BCUT2D eigenvalue weighted by molar-refractivity contribution is -0.130. The topological polar surface area (TPSA) is 145 Å². The monoisotopic (exact) mass is 308 g/mol. The lowest BCUT2D eigenvalue weighted by atomic mass is 9.66. The Morgan fingerprint density at radius 3 is 1.86 bits per heavy atom. The van der Waals surface area contributed by atoms with Crippen molar-refractivity contribution in [2.75, 3.05) is 0 Å². The maximum atomic E-state index is 12.0. The lowest BCUT2D eigenvalue weighted by Crippen LogP contribution is -2.55. The summed E-state index contributed by atoms with van der Waals surface area (Å²) in [5.41, 5.74) is 7.55. The molecular formula is C14H20N4O4. The van der Waals surface area contributed by atoms with Crippen molar-refractivity contribution in [3.63, 3.8) is 0 Å². The second-order valence-electron chi connectivity index (χ2n) is 5.60. The zero-order valence-corrected chi connectivity index (χ0v) is 12.3. The molecule has 1 aliphatic rings. The third-order valence-corrected chi connectivity index (χ3v) is 4.41. The van der Waals surface area contributed by atoms with Crippen molar-refractivity contribution in [2.24, 2.45) is 26.9 Å². The molecule has 1 rings (SSSR count). The van der Waals surface area contributed by atoms with Gasteiger partial charge in [-0.3, -0.25) is 9.59 Å². The maximum absolute atomic E-state index is 12.0. The highest BCUT2D eigenvalue weighted by Crippen LogP contribution is 2.49. The van der Waals surface area contributed by atoms with E-state index >= 15 is 0 Å². The molecule has 22 heavy (non-hydrogen) atoms. The normalized spacial score (nSPS) is 19.6. The number of primary amides is 2. The van der Waals surface area contributed by atoms with Gasteiger partial charge in [-0.05, 0) is 19.3 Å². The van der Waals surface area contributed by atoms with Gasteiger partial charge in [-0.25, -0.2) is 9.59 Å². The van der Waals surface area contributed by atoms with Gasteiger partial charge < -0.3 is 11.5 Å². The third-order valence-electron chi connectivity index (χ3n) is 4.41. The maximum Gasteiger partial charge on any atom is 0.270 e. The van der Waals surface area contributed by atoms with Crippen molar-refractivity contribution in [2.45, 2.75) is 57.0 Å². The second kappa shape index (κ2) is 7.64. The van der Waals surface area contributed by atoms with Crippen molar-refractivity contribution in [1.82, 2.24) is 0 Å². The summed E-state index contributed by atoms with van der Waals surface area (Å²) in [4.78, 5) is 51.8. The molecule has 0 spiro atoms. The lowest BCUT2D eigenvalue weighted by Gasteiger charge is -2.41. The summed E-state index contributed by atoms with van der Waals surface area (Å²) in [6.45, 7) is 0. The standard InChI is InChI=1S/C14H20N4O4/c15-11(21)5-8-13(6-3-1-2-4-7-13)14(12(16)22,17-9-19)18-10-20/h1-8H2,(H2,15,21)(H2,16,22). The number of amides is 2. The van der Waals surface area contributed by atoms with Crippen LogP contribution in [0.5, 0.6) is 0 Å². The molecule has 0 aliphatic heterocycles. The molecule has 0 aromatic rings. The van der Waals surface area contributed by atoms with Gasteiger partial charge in [-0.2, -0.15) is 9.98 Å². The minimum atomic E-state index is -2.07. The van der Waals surface area contributed by atoms with Crippen molar-refractivity contribution >= 4 is 24.0 Å². The zero-order valence-electron chi connectivity index (χ0n) is 12.3. The van der Waals surface area contributed by atoms with E-state index in [1.54, 1.807) is 0 Å². The predicted octanol–water partition coefficient (Wildman–Crippen LogP) is 0.446. The Morgan fingerprint density at radius 2 is 1.50 bits per heavy atom. The fourth-order valence-electron chi connectivity index (χ4n) is 3.31. The molecule has 0 heterocycles. The Hall–Kier alpha value is -2.30. The number of hydrogen-bond donors (Lipinski definition) is 2. The first-order valence-corrected chi connectivity index (χ1v) is 7.20. The van der Waals surface area contributed by atoms with Gasteiger partial charge in [0.1, 0.15) is 0 Å². The summed E-state index contributed by atoms with van der Waals surface area (Å²) >= 11 is 0. The van der Waals surface area contributed by atoms with Crippen LogP contribution in [0.15, 0.2) is 9.98 Å². The first-order chi connectivity index (χ1) is 10.4. The van der Waals surface area contributed by atoms with Crippen LogP contribution >= 0.6 is 0 Å². The van der Waals surface area contributed by atoms with Crippen LogP contribution in [0.4, 0.5) is 0 Å². The van der Waals surface area contributed by atoms with E-state index < -0.39 is 22.9 Å². The van der Waals surface area contributed by atoms with E-state index in [9.17, 15) is 19.2 Å². The van der Waals surface area contributed by atoms with Crippen molar-refractivity contribution in [3.8, 4) is 0 Å². The largest absolute Gasteiger partial charge is 0.370 e. The molecule has 0 aromatic carbocycles. The highest BCUT2D eigenvalue weighted by atomic mass is 16.2. The predicted molar refractivity (Wildman–Crippen MR) is 76.7 cm³/mol. The van der Waals surface area contributed by atoms with Gasteiger partial charge >= 0.3 is 0 Å². The van der Waals surface area contributed by atoms with Crippen LogP contribution in [0.1, 0.15) is 51.4 Å². The smallest absolute Gasteiger partial charge is 0.270 e. The summed E-state index contributed by atoms with van der Waals surface area (Å²) in [6.07, 6.45) is 7.01. The SMILES string of the molecule is NC(=O)CCC1(C(N=C=O)(N=C=O)C(N)=O)CCCCCC1. The molecule has 8 nitrogen and oxygen atoms in total. The van der Waals surface area contributed by atoms with Crippen molar-refractivity contribution in [3.05, 3.63) is 0 Å². The summed E-state index contributed by atoms with van der Waals surface area (Å²) < 4.78 is 0. The Morgan fingerprint density at radius 1 is 1.00 bits per heavy atom. The quantitative estimate of drug-likeness (QED) is 0.399. The van der Waals surface area contributed by atoms with Gasteiger partial charge in [0.25, 0.3) is 11.6 Å². The van der Waals surface area contributed by atoms with Gasteiger partial charge in [-0.1, -0.05) is 25.7 Å². The molecule has 8 heteroatoms. The van der Waals surface area contributed by atoms with Crippen LogP contribution < -0.4 is 11.5 Å². The van der Waals surface area contributed by atoms with E-state index in [4.69, 9.17) is 11.5 Å². The molecule has 0 atom stereocenters. The Bertz CT molecular complexity index is 501. The van der Waals surface area contributed by atoms with E-state index in [1.165, 1.54) is 12.2 Å². The molecule has 0 aromatic heterocycles. The van der Waals surface area contributed by atoms with Crippen LogP contribution in [-0.2, 0) is 19.2 Å². The minimum Gasteiger partial charge on any atom is -0.370 e. The fraction of sp³-hybridized carbons (Fsp3) is 0.714. The molecule has 0 unspecified atom stereocenters. The number of hydrogen-bond acceptors (Lipinski definition) is 6. The van der Waals surface area contributed by atoms with Crippen LogP contribution in [-0.4, -0.2) is 29.6 Å². The highest BCUT2D eigenvalue weighted by Gasteiger charge is 2.56. The number of nitrogens with two attached hydrogens (primary N) is 2. The van der Waals surface area contributed by atoms with Crippen molar-refractivity contribution < 1.29 is 19.2 Å². The number of carbonyl (C=O) groups excluding carboxylic acids is 4. The molecule has 0 radical (unpaired) electrons. The van der Waals surface area contributed by atoms with Gasteiger partial charge in [0.2, 0.25) is 18.1 Å². The van der Waals surface area contributed by atoms with Crippen LogP contribution in [0, 0.1) is 5.41 Å². The summed E-state index contributed by atoms with van der Waals surface area (Å²) in [6, 6.07) is 0. The van der Waals surface area contributed by atoms with E-state index in [0.717, 1.165) is 25.7 Å². The molecule has 1 aliphatic carbocycles. The van der Waals surface area contributed by atoms with Crippen LogP contribution in [0.25, 0.3) is 0 Å². The molecule has 120 valence electrons. The molecule has 1 fully saturated rings. The molecule has 2 amide bonds. The molecule has 4 N–H and O–H groups in total. The van der Waals surface area contributed by atoms with Gasteiger partial charge in [0.15, 0.2) is 0 Å². The summed E-state index contributed by atoms with van der Waals surface area (Å²) in [5.74, 6) is -1.57. The highest BCUT2D eigenvalue weighted by molar-refractivity contribution is 5.87. The average molecular weight is 308 g/mol. The van der Waals surface area contributed by atoms with E-state index in [2.05, 4.69) is 9.98 Å². The first kappa shape index (κ1) is 17.8. The average Bonchev–Trinajstić information content (AvgIpc) is 2.71. The van der Waals surface area contributed by atoms with E-state index in [1.807, 2.05) is 0 Å². The van der Waals surface area contributed by atoms with Crippen molar-refractivity contribution in [1.29, 1.82) is 0 Å². The van der Waals surface area contributed by atoms with Gasteiger partial charge in [0.05, 0.1) is 0 Å². The zero-order chi connectivity index (χ0) is 16.6. The number of rotatable bonds is 7. The molecule has 1 saturated carbocycles. The minimum absolute atomic E-state index is 0.0161. The first-order valence-electron chi connectivity index (χ1n) is 7.20. The molecular weight excluding hydrogens is 288 g/mol. The Labute approximate surface area is 128 Å². The van der Waals surface area contributed by atoms with E-state index in [0.29, 0.717) is 12.8 Å². The number of aliphatic imine (C=N–C) groups is 2. The fourth-order valence-corrected chi connectivity index (χ4v) is 3.31.